The van der Waals surface area contributed by atoms with Crippen molar-refractivity contribution in [2.75, 3.05) is 5.32 Å². The molecule has 0 radical (unpaired) electrons. The minimum atomic E-state index is -4.78. The van der Waals surface area contributed by atoms with Crippen LogP contribution in [0.4, 0.5) is 23.7 Å². The van der Waals surface area contributed by atoms with Crippen molar-refractivity contribution in [1.82, 2.24) is 15.3 Å². The molecule has 2 aromatic heterocycles. The van der Waals surface area contributed by atoms with E-state index in [1.165, 1.54) is 24.3 Å². The van der Waals surface area contributed by atoms with Crippen LogP contribution in [0.5, 0.6) is 0 Å². The second kappa shape index (κ2) is 11.9. The lowest BCUT2D eigenvalue weighted by molar-refractivity contribution is -0.137. The molecule has 3 aromatic rings. The maximum absolute atomic E-state index is 13.0. The van der Waals surface area contributed by atoms with E-state index < -0.39 is 38.6 Å². The summed E-state index contributed by atoms with van der Waals surface area (Å²) in [5.74, 6) is -0.617. The Morgan fingerprint density at radius 1 is 1.05 bits per heavy atom. The molecule has 1 aromatic carbocycles. The lowest BCUT2D eigenvalue weighted by Crippen LogP contribution is -2.44. The van der Waals surface area contributed by atoms with Crippen LogP contribution < -0.4 is 10.6 Å². The molecule has 0 saturated carbocycles. The third-order valence-corrected chi connectivity index (χ3v) is 8.08. The molecule has 2 heterocycles. The van der Waals surface area contributed by atoms with Crippen molar-refractivity contribution in [3.8, 4) is 0 Å². The van der Waals surface area contributed by atoms with Crippen LogP contribution in [0.2, 0.25) is 0 Å². The molecule has 0 aliphatic carbocycles. The number of aromatic nitrogens is 2. The van der Waals surface area contributed by atoms with Gasteiger partial charge in [0.05, 0.1) is 5.56 Å². The summed E-state index contributed by atoms with van der Waals surface area (Å²) in [4.78, 5) is 20.1. The van der Waals surface area contributed by atoms with Crippen molar-refractivity contribution in [3.05, 3.63) is 89.5 Å². The molecule has 2 unspecified atom stereocenters. The van der Waals surface area contributed by atoms with Crippen LogP contribution in [0.1, 0.15) is 49.1 Å². The number of carbonyl (C=O) groups excluding carboxylic acids is 1. The van der Waals surface area contributed by atoms with E-state index in [2.05, 4.69) is 20.6 Å². The molecule has 12 heteroatoms. The first-order chi connectivity index (χ1) is 17.9. The third-order valence-electron chi connectivity index (χ3n) is 6.38. The van der Waals surface area contributed by atoms with Crippen molar-refractivity contribution < 1.29 is 30.9 Å². The summed E-state index contributed by atoms with van der Waals surface area (Å²) in [5, 5.41) is 5.34. The lowest BCUT2D eigenvalue weighted by atomic mass is 9.80. The second-order valence-electron chi connectivity index (χ2n) is 9.01. The number of benzene rings is 1. The van der Waals surface area contributed by atoms with E-state index in [0.717, 1.165) is 17.7 Å². The van der Waals surface area contributed by atoms with Gasteiger partial charge in [-0.25, -0.2) is 4.79 Å². The summed E-state index contributed by atoms with van der Waals surface area (Å²) in [5.41, 5.74) is 0.521. The topological polar surface area (TPSA) is 121 Å². The first-order valence-electron chi connectivity index (χ1n) is 11.9. The van der Waals surface area contributed by atoms with E-state index in [9.17, 15) is 30.9 Å². The van der Waals surface area contributed by atoms with Gasteiger partial charge in [-0.3, -0.25) is 14.5 Å². The quantitative estimate of drug-likeness (QED) is 0.284. The Morgan fingerprint density at radius 3 is 2.26 bits per heavy atom. The Balaban J connectivity index is 1.89. The largest absolute Gasteiger partial charge is 0.417 e. The summed E-state index contributed by atoms with van der Waals surface area (Å²) >= 11 is 0. The van der Waals surface area contributed by atoms with Gasteiger partial charge in [-0.2, -0.15) is 21.6 Å². The maximum atomic E-state index is 13.0. The Bertz CT molecular complexity index is 1320. The van der Waals surface area contributed by atoms with Gasteiger partial charge in [-0.05, 0) is 53.8 Å². The summed E-state index contributed by atoms with van der Waals surface area (Å²) < 4.78 is 73.5. The zero-order valence-corrected chi connectivity index (χ0v) is 21.7. The van der Waals surface area contributed by atoms with Gasteiger partial charge >= 0.3 is 12.2 Å². The average Bonchev–Trinajstić information content (AvgIpc) is 2.86. The molecular formula is C26H29F3N4O4S. The molecule has 204 valence electrons. The lowest BCUT2D eigenvalue weighted by Gasteiger charge is -2.37. The van der Waals surface area contributed by atoms with Crippen molar-refractivity contribution in [3.63, 3.8) is 0 Å². The molecule has 0 fully saturated rings. The van der Waals surface area contributed by atoms with Gasteiger partial charge in [0.25, 0.3) is 10.1 Å². The number of hydrogen-bond acceptors (Lipinski definition) is 5. The summed E-state index contributed by atoms with van der Waals surface area (Å²) in [6.45, 7) is 3.77. The van der Waals surface area contributed by atoms with Crippen molar-refractivity contribution in [2.45, 2.75) is 50.6 Å². The Morgan fingerprint density at radius 2 is 1.74 bits per heavy atom. The van der Waals surface area contributed by atoms with Gasteiger partial charge in [0.2, 0.25) is 0 Å². The number of urea groups is 1. The molecule has 8 nitrogen and oxygen atoms in total. The van der Waals surface area contributed by atoms with Gasteiger partial charge in [0.1, 0.15) is 4.75 Å². The number of alkyl halides is 3. The van der Waals surface area contributed by atoms with Crippen LogP contribution in [0.3, 0.4) is 0 Å². The minimum Gasteiger partial charge on any atom is -0.334 e. The number of hydrogen-bond donors (Lipinski definition) is 3. The molecular weight excluding hydrogens is 521 g/mol. The molecule has 2 atom stereocenters. The van der Waals surface area contributed by atoms with Gasteiger partial charge in [-0.15, -0.1) is 0 Å². The fraction of sp³-hybridized carbons (Fsp3) is 0.346. The van der Waals surface area contributed by atoms with Crippen LogP contribution in [-0.4, -0.2) is 29.0 Å². The van der Waals surface area contributed by atoms with Gasteiger partial charge in [-0.1, -0.05) is 38.5 Å². The van der Waals surface area contributed by atoms with E-state index in [-0.39, 0.29) is 24.2 Å². The SMILES string of the molecule is CCCC(C)C(Cc1ccc(C(F)(F)F)cn1)(c1ccc(NC(=O)NCc2cccnc2)cc1)S(=O)(=O)O. The summed E-state index contributed by atoms with van der Waals surface area (Å²) in [6.07, 6.45) is -0.0317. The average molecular weight is 551 g/mol. The Kier molecular flexibility index (Phi) is 9.10. The number of carbonyl (C=O) groups is 1. The number of nitrogens with zero attached hydrogens (tertiary/aromatic N) is 2. The summed E-state index contributed by atoms with van der Waals surface area (Å²) in [7, 11) is -4.78. The highest BCUT2D eigenvalue weighted by molar-refractivity contribution is 7.86. The first-order valence-corrected chi connectivity index (χ1v) is 13.3. The third kappa shape index (κ3) is 6.87. The molecule has 38 heavy (non-hydrogen) atoms. The predicted octanol–water partition coefficient (Wildman–Crippen LogP) is 5.58. The highest BCUT2D eigenvalue weighted by atomic mass is 32.2. The van der Waals surface area contributed by atoms with Crippen molar-refractivity contribution >= 4 is 21.8 Å². The van der Waals surface area contributed by atoms with Crippen LogP contribution >= 0.6 is 0 Å². The normalized spacial score (nSPS) is 14.4. The molecule has 3 N–H and O–H groups in total. The number of rotatable bonds is 10. The van der Waals surface area contributed by atoms with Crippen LogP contribution in [0.25, 0.3) is 0 Å². The maximum Gasteiger partial charge on any atom is 0.417 e. The van der Waals surface area contributed by atoms with Gasteiger partial charge < -0.3 is 10.6 Å². The smallest absolute Gasteiger partial charge is 0.334 e. The predicted molar refractivity (Wildman–Crippen MR) is 137 cm³/mol. The molecule has 0 spiro atoms. The minimum absolute atomic E-state index is 0.0792. The monoisotopic (exact) mass is 550 g/mol. The Hall–Kier alpha value is -3.51. The number of pyridine rings is 2. The molecule has 0 saturated heterocycles. The highest BCUT2D eigenvalue weighted by Crippen LogP contribution is 2.43. The van der Waals surface area contributed by atoms with E-state index in [1.807, 2.05) is 6.92 Å². The molecule has 0 aliphatic rings. The van der Waals surface area contributed by atoms with E-state index >= 15 is 0 Å². The number of nitrogens with one attached hydrogen (secondary N) is 2. The van der Waals surface area contributed by atoms with E-state index in [0.29, 0.717) is 24.7 Å². The van der Waals surface area contributed by atoms with E-state index in [1.54, 1.807) is 31.5 Å². The van der Waals surface area contributed by atoms with E-state index in [4.69, 9.17) is 0 Å². The fourth-order valence-electron chi connectivity index (χ4n) is 4.38. The van der Waals surface area contributed by atoms with Crippen molar-refractivity contribution in [2.24, 2.45) is 5.92 Å². The number of anilines is 1. The number of halogens is 3. The standard InChI is InChI=1S/C26H29F3N4O4S/c1-3-5-18(2)25(38(35,36)37,14-23-12-9-21(17-31-23)26(27,28)29)20-7-10-22(11-8-20)33-24(34)32-16-19-6-4-13-30-15-19/h4,6-13,15,17-18H,3,5,14,16H2,1-2H3,(H2,32,33,34)(H,35,36,37). The molecule has 2 amide bonds. The molecule has 0 aliphatic heterocycles. The van der Waals surface area contributed by atoms with Gasteiger partial charge in [0.15, 0.2) is 0 Å². The highest BCUT2D eigenvalue weighted by Gasteiger charge is 2.49. The van der Waals surface area contributed by atoms with Crippen molar-refractivity contribution in [1.29, 1.82) is 0 Å². The summed E-state index contributed by atoms with van der Waals surface area (Å²) in [6, 6.07) is 10.9. The fourth-order valence-corrected chi connectivity index (χ4v) is 5.77. The zero-order chi connectivity index (χ0) is 28.0. The molecule has 0 bridgehead atoms. The first kappa shape index (κ1) is 29.1. The second-order valence-corrected chi connectivity index (χ2v) is 10.7. The Labute approximate surface area is 219 Å². The van der Waals surface area contributed by atoms with Crippen LogP contribution in [-0.2, 0) is 34.0 Å². The molecule has 3 rings (SSSR count). The zero-order valence-electron chi connectivity index (χ0n) is 20.9. The number of amides is 2. The van der Waals surface area contributed by atoms with Crippen LogP contribution in [0, 0.1) is 5.92 Å². The van der Waals surface area contributed by atoms with Gasteiger partial charge in [0, 0.05) is 42.9 Å². The van der Waals surface area contributed by atoms with Crippen LogP contribution in [0.15, 0.2) is 67.1 Å².